The molecule has 1 heterocycles. The normalized spacial score (nSPS) is 12.7. The third kappa shape index (κ3) is 5.19. The van der Waals surface area contributed by atoms with Gasteiger partial charge in [0.2, 0.25) is 5.91 Å². The Bertz CT molecular complexity index is 1320. The number of carbonyl (C=O) groups is 1. The van der Waals surface area contributed by atoms with Crippen LogP contribution in [0.15, 0.2) is 47.5 Å². The van der Waals surface area contributed by atoms with E-state index in [2.05, 4.69) is 39.2 Å². The second kappa shape index (κ2) is 9.39. The highest BCUT2D eigenvalue weighted by Gasteiger charge is 2.39. The van der Waals surface area contributed by atoms with E-state index in [9.17, 15) is 13.2 Å². The molecule has 0 unspecified atom stereocenters. The summed E-state index contributed by atoms with van der Waals surface area (Å²) in [5.74, 6) is 0.399. The first-order valence-electron chi connectivity index (χ1n) is 11.2. The summed E-state index contributed by atoms with van der Waals surface area (Å²) >= 11 is 6.88. The Morgan fingerprint density at radius 3 is 2.29 bits per heavy atom. The molecule has 34 heavy (non-hydrogen) atoms. The average Bonchev–Trinajstić information content (AvgIpc) is 3.09. The number of aryl methyl sites for hydroxylation is 1. The van der Waals surface area contributed by atoms with Gasteiger partial charge in [-0.1, -0.05) is 50.1 Å². The zero-order chi connectivity index (χ0) is 25.5. The van der Waals surface area contributed by atoms with E-state index in [1.807, 2.05) is 6.92 Å². The lowest BCUT2D eigenvalue weighted by Crippen LogP contribution is -2.43. The molecule has 1 amide bonds. The molecular weight excluding hydrogens is 488 g/mol. The van der Waals surface area contributed by atoms with Crippen molar-refractivity contribution in [1.29, 1.82) is 0 Å². The Balaban J connectivity index is 2.19. The molecule has 2 aromatic carbocycles. The van der Waals surface area contributed by atoms with Crippen molar-refractivity contribution in [3.05, 3.63) is 58.7 Å². The number of aromatic nitrogens is 1. The first kappa shape index (κ1) is 26.3. The summed E-state index contributed by atoms with van der Waals surface area (Å²) in [5, 5.41) is 3.76. The summed E-state index contributed by atoms with van der Waals surface area (Å²) < 4.78 is 34.8. The van der Waals surface area contributed by atoms with Crippen LogP contribution in [-0.4, -0.2) is 33.2 Å². The van der Waals surface area contributed by atoms with Gasteiger partial charge in [-0.15, -0.1) is 0 Å². The molecule has 1 N–H and O–H groups in total. The molecule has 9 heteroatoms. The number of hydrogen-bond donors (Lipinski definition) is 1. The predicted molar refractivity (Wildman–Crippen MR) is 141 cm³/mol. The van der Waals surface area contributed by atoms with Crippen LogP contribution in [0.25, 0.3) is 10.9 Å². The van der Waals surface area contributed by atoms with Gasteiger partial charge in [0.25, 0.3) is 18.3 Å². The SMILES string of the molecule is CC(=O)NCCc1cn(S(=O)(=O)c2ccc(C)cc2)c2ccc(O[Si](C)(C)C(C)(C)C)c(Cl)c12. The highest BCUT2D eigenvalue weighted by atomic mass is 35.5. The standard InChI is InChI=1S/C25H33ClN2O4SSi/c1-17-8-10-20(11-9-17)33(30,31)28-16-19(14-15-27-18(2)29)23-21(28)12-13-22(24(23)26)32-34(6,7)25(3,4)5/h8-13,16H,14-15H2,1-7H3,(H,27,29). The molecule has 0 bridgehead atoms. The summed E-state index contributed by atoms with van der Waals surface area (Å²) in [6.45, 7) is 14.4. The van der Waals surface area contributed by atoms with Crippen LogP contribution in [0.3, 0.4) is 0 Å². The largest absolute Gasteiger partial charge is 0.542 e. The Hall–Kier alpha value is -2.29. The Labute approximate surface area is 208 Å². The van der Waals surface area contributed by atoms with E-state index in [1.54, 1.807) is 42.6 Å². The Kier molecular flexibility index (Phi) is 7.27. The number of carbonyl (C=O) groups excluding carboxylic acids is 1. The fraction of sp³-hybridized carbons (Fsp3) is 0.400. The molecule has 0 aliphatic rings. The van der Waals surface area contributed by atoms with Crippen LogP contribution in [0.1, 0.15) is 38.8 Å². The average molecular weight is 521 g/mol. The van der Waals surface area contributed by atoms with Gasteiger partial charge in [0.05, 0.1) is 15.4 Å². The number of benzene rings is 2. The summed E-state index contributed by atoms with van der Waals surface area (Å²) in [6, 6.07) is 10.2. The molecule has 0 fully saturated rings. The minimum atomic E-state index is -3.85. The van der Waals surface area contributed by atoms with E-state index >= 15 is 0 Å². The number of nitrogens with one attached hydrogen (secondary N) is 1. The van der Waals surface area contributed by atoms with Crippen LogP contribution in [0.5, 0.6) is 5.75 Å². The van der Waals surface area contributed by atoms with Gasteiger partial charge in [-0.25, -0.2) is 12.4 Å². The van der Waals surface area contributed by atoms with Gasteiger partial charge in [-0.05, 0) is 61.3 Å². The number of halogens is 1. The van der Waals surface area contributed by atoms with E-state index in [-0.39, 0.29) is 15.8 Å². The number of fused-ring (bicyclic) bond motifs is 1. The van der Waals surface area contributed by atoms with Crippen molar-refractivity contribution in [1.82, 2.24) is 9.29 Å². The molecule has 0 saturated heterocycles. The molecule has 0 radical (unpaired) electrons. The third-order valence-corrected chi connectivity index (χ3v) is 12.8. The molecule has 184 valence electrons. The first-order chi connectivity index (χ1) is 15.6. The molecule has 0 saturated carbocycles. The van der Waals surface area contributed by atoms with Crippen molar-refractivity contribution in [2.75, 3.05) is 6.54 Å². The molecule has 0 spiro atoms. The lowest BCUT2D eigenvalue weighted by atomic mass is 10.1. The molecular formula is C25H33ClN2O4SSi. The smallest absolute Gasteiger partial charge is 0.268 e. The second-order valence-corrected chi connectivity index (χ2v) is 17.1. The maximum absolute atomic E-state index is 13.5. The summed E-state index contributed by atoms with van der Waals surface area (Å²) in [7, 11) is -6.03. The highest BCUT2D eigenvalue weighted by molar-refractivity contribution is 7.90. The minimum absolute atomic E-state index is 0.0275. The quantitative estimate of drug-likeness (QED) is 0.393. The van der Waals surface area contributed by atoms with Gasteiger partial charge >= 0.3 is 0 Å². The number of hydrogen-bond acceptors (Lipinski definition) is 4. The maximum atomic E-state index is 13.5. The van der Waals surface area contributed by atoms with Crippen LogP contribution in [0.4, 0.5) is 0 Å². The molecule has 1 aromatic heterocycles. The van der Waals surface area contributed by atoms with Gasteiger partial charge in [-0.3, -0.25) is 4.79 Å². The zero-order valence-electron chi connectivity index (χ0n) is 20.8. The van der Waals surface area contributed by atoms with Crippen LogP contribution in [0.2, 0.25) is 23.2 Å². The summed E-state index contributed by atoms with van der Waals surface area (Å²) in [6.07, 6.45) is 2.03. The summed E-state index contributed by atoms with van der Waals surface area (Å²) in [5.41, 5.74) is 2.18. The Morgan fingerprint density at radius 1 is 1.12 bits per heavy atom. The lowest BCUT2D eigenvalue weighted by molar-refractivity contribution is -0.118. The van der Waals surface area contributed by atoms with E-state index in [0.29, 0.717) is 34.6 Å². The maximum Gasteiger partial charge on any atom is 0.268 e. The van der Waals surface area contributed by atoms with Crippen molar-refractivity contribution >= 4 is 46.8 Å². The van der Waals surface area contributed by atoms with Crippen LogP contribution in [0, 0.1) is 6.92 Å². The molecule has 3 rings (SSSR count). The zero-order valence-corrected chi connectivity index (χ0v) is 23.4. The van der Waals surface area contributed by atoms with E-state index in [1.165, 1.54) is 10.9 Å². The van der Waals surface area contributed by atoms with Crippen LogP contribution >= 0.6 is 11.6 Å². The van der Waals surface area contributed by atoms with Crippen molar-refractivity contribution in [2.45, 2.75) is 64.1 Å². The monoisotopic (exact) mass is 520 g/mol. The highest BCUT2D eigenvalue weighted by Crippen LogP contribution is 2.42. The first-order valence-corrected chi connectivity index (χ1v) is 16.0. The van der Waals surface area contributed by atoms with Crippen molar-refractivity contribution in [3.8, 4) is 5.75 Å². The van der Waals surface area contributed by atoms with Gasteiger partial charge in [0.1, 0.15) is 5.75 Å². The van der Waals surface area contributed by atoms with Crippen molar-refractivity contribution < 1.29 is 17.6 Å². The Morgan fingerprint density at radius 2 is 1.74 bits per heavy atom. The van der Waals surface area contributed by atoms with Gasteiger partial charge < -0.3 is 9.74 Å². The van der Waals surface area contributed by atoms with Crippen molar-refractivity contribution in [2.24, 2.45) is 0 Å². The predicted octanol–water partition coefficient (Wildman–Crippen LogP) is 5.90. The molecule has 0 atom stereocenters. The van der Waals surface area contributed by atoms with Gasteiger partial charge in [0.15, 0.2) is 0 Å². The summed E-state index contributed by atoms with van der Waals surface area (Å²) in [4.78, 5) is 11.6. The minimum Gasteiger partial charge on any atom is -0.542 e. The van der Waals surface area contributed by atoms with E-state index < -0.39 is 18.3 Å². The molecule has 6 nitrogen and oxygen atoms in total. The van der Waals surface area contributed by atoms with Crippen molar-refractivity contribution in [3.63, 3.8) is 0 Å². The van der Waals surface area contributed by atoms with Crippen LogP contribution < -0.4 is 9.74 Å². The van der Waals surface area contributed by atoms with Gasteiger partial charge in [-0.2, -0.15) is 0 Å². The fourth-order valence-electron chi connectivity index (χ4n) is 3.40. The molecule has 0 aliphatic carbocycles. The van der Waals surface area contributed by atoms with E-state index in [0.717, 1.165) is 11.1 Å². The molecule has 3 aromatic rings. The number of rotatable bonds is 7. The fourth-order valence-corrected chi connectivity index (χ4v) is 6.20. The third-order valence-electron chi connectivity index (χ3n) is 6.43. The van der Waals surface area contributed by atoms with Gasteiger partial charge in [0, 0.05) is 25.1 Å². The van der Waals surface area contributed by atoms with Crippen LogP contribution in [-0.2, 0) is 21.2 Å². The molecule has 0 aliphatic heterocycles. The second-order valence-electron chi connectivity index (χ2n) is 10.1. The number of nitrogens with zero attached hydrogens (tertiary/aromatic N) is 1. The topological polar surface area (TPSA) is 77.4 Å². The lowest BCUT2D eigenvalue weighted by Gasteiger charge is -2.36. The number of amides is 1. The van der Waals surface area contributed by atoms with E-state index in [4.69, 9.17) is 16.0 Å².